The van der Waals surface area contributed by atoms with E-state index in [4.69, 9.17) is 10.00 Å². The number of methoxy groups -OCH3 is 1. The van der Waals surface area contributed by atoms with E-state index in [2.05, 4.69) is 6.07 Å². The molecule has 0 heterocycles. The van der Waals surface area contributed by atoms with Crippen LogP contribution in [0.4, 0.5) is 0 Å². The molecule has 0 aliphatic rings. The molecule has 0 aliphatic heterocycles. The molecule has 0 radical (unpaired) electrons. The number of aliphatic hydroxyl groups excluding tert-OH is 1. The predicted molar refractivity (Wildman–Crippen MR) is 65.8 cm³/mol. The Morgan fingerprint density at radius 2 is 2.00 bits per heavy atom. The van der Waals surface area contributed by atoms with Crippen molar-refractivity contribution in [3.63, 3.8) is 0 Å². The molecule has 1 N–H and O–H groups in total. The molecule has 1 unspecified atom stereocenters. The van der Waals surface area contributed by atoms with Gasteiger partial charge in [0.05, 0.1) is 24.8 Å². The maximum Gasteiger partial charge on any atom is 0.125 e. The molecule has 0 bridgehead atoms. The lowest BCUT2D eigenvalue weighted by Crippen LogP contribution is -1.98. The monoisotopic (exact) mass is 227 g/mol. The van der Waals surface area contributed by atoms with Gasteiger partial charge in [-0.3, -0.25) is 0 Å². The van der Waals surface area contributed by atoms with E-state index >= 15 is 0 Å². The van der Waals surface area contributed by atoms with Crippen LogP contribution in [0, 0.1) is 11.3 Å². The summed E-state index contributed by atoms with van der Waals surface area (Å²) in [5.74, 6) is 0.641. The number of hydrogen-bond acceptors (Lipinski definition) is 3. The van der Waals surface area contributed by atoms with Crippen molar-refractivity contribution in [2.45, 2.75) is 13.0 Å². The first-order chi connectivity index (χ1) is 8.17. The summed E-state index contributed by atoms with van der Waals surface area (Å²) >= 11 is 0. The van der Waals surface area contributed by atoms with Crippen LogP contribution in [-0.2, 0) is 0 Å². The second-order valence-electron chi connectivity index (χ2n) is 3.91. The van der Waals surface area contributed by atoms with Crippen molar-refractivity contribution < 1.29 is 9.84 Å². The van der Waals surface area contributed by atoms with Gasteiger partial charge in [-0.1, -0.05) is 12.1 Å². The highest BCUT2D eigenvalue weighted by Crippen LogP contribution is 2.33. The smallest absolute Gasteiger partial charge is 0.125 e. The molecule has 2 aromatic rings. The van der Waals surface area contributed by atoms with Gasteiger partial charge in [-0.25, -0.2) is 0 Å². The van der Waals surface area contributed by atoms with Crippen molar-refractivity contribution in [2.75, 3.05) is 7.11 Å². The molecular formula is C14H13NO2. The average Bonchev–Trinajstić information content (AvgIpc) is 2.36. The molecule has 1 atom stereocenters. The number of benzene rings is 2. The van der Waals surface area contributed by atoms with Crippen LogP contribution in [0.1, 0.15) is 24.2 Å². The lowest BCUT2D eigenvalue weighted by Gasteiger charge is -2.14. The molecule has 3 heteroatoms. The third-order valence-corrected chi connectivity index (χ3v) is 2.79. The van der Waals surface area contributed by atoms with Gasteiger partial charge in [-0.2, -0.15) is 5.26 Å². The van der Waals surface area contributed by atoms with Gasteiger partial charge in [-0.05, 0) is 35.9 Å². The molecule has 17 heavy (non-hydrogen) atoms. The Hall–Kier alpha value is -2.05. The van der Waals surface area contributed by atoms with Crippen LogP contribution < -0.4 is 4.74 Å². The number of ether oxygens (including phenoxy) is 1. The Morgan fingerprint density at radius 1 is 1.29 bits per heavy atom. The van der Waals surface area contributed by atoms with E-state index in [1.807, 2.05) is 18.2 Å². The third-order valence-electron chi connectivity index (χ3n) is 2.79. The molecule has 0 amide bonds. The number of hydrogen-bond donors (Lipinski definition) is 1. The molecule has 3 nitrogen and oxygen atoms in total. The second-order valence-corrected chi connectivity index (χ2v) is 3.91. The Kier molecular flexibility index (Phi) is 2.99. The summed E-state index contributed by atoms with van der Waals surface area (Å²) in [4.78, 5) is 0. The summed E-state index contributed by atoms with van der Waals surface area (Å²) in [6.07, 6.45) is -0.636. The average molecular weight is 227 g/mol. The predicted octanol–water partition coefficient (Wildman–Crippen LogP) is 2.77. The minimum Gasteiger partial charge on any atom is -0.496 e. The van der Waals surface area contributed by atoms with Crippen molar-refractivity contribution in [1.82, 2.24) is 0 Å². The zero-order chi connectivity index (χ0) is 12.4. The SMILES string of the molecule is COc1ccc2ccc(C#N)cc2c1C(C)O. The Balaban J connectivity index is 2.82. The van der Waals surface area contributed by atoms with E-state index in [0.29, 0.717) is 11.3 Å². The number of rotatable bonds is 2. The lowest BCUT2D eigenvalue weighted by atomic mass is 9.98. The Labute approximate surface area is 99.9 Å². The minimum absolute atomic E-state index is 0.577. The second kappa shape index (κ2) is 4.44. The van der Waals surface area contributed by atoms with Gasteiger partial charge in [0.15, 0.2) is 0 Å². The number of nitrogens with zero attached hydrogens (tertiary/aromatic N) is 1. The molecule has 0 aliphatic carbocycles. The van der Waals surface area contributed by atoms with Crippen molar-refractivity contribution in [3.05, 3.63) is 41.5 Å². The van der Waals surface area contributed by atoms with Crippen LogP contribution in [0.3, 0.4) is 0 Å². The standard InChI is InChI=1S/C14H13NO2/c1-9(16)14-12-7-10(8-15)3-4-11(12)5-6-13(14)17-2/h3-7,9,16H,1-2H3. The fraction of sp³-hybridized carbons (Fsp3) is 0.214. The highest BCUT2D eigenvalue weighted by Gasteiger charge is 2.13. The molecule has 0 fully saturated rings. The first-order valence-corrected chi connectivity index (χ1v) is 5.36. The maximum absolute atomic E-state index is 9.83. The third kappa shape index (κ3) is 1.95. The summed E-state index contributed by atoms with van der Waals surface area (Å²) < 4.78 is 5.25. The molecule has 0 saturated carbocycles. The largest absolute Gasteiger partial charge is 0.496 e. The molecule has 0 spiro atoms. The highest BCUT2D eigenvalue weighted by atomic mass is 16.5. The van der Waals surface area contributed by atoms with Crippen LogP contribution in [0.5, 0.6) is 5.75 Å². The van der Waals surface area contributed by atoms with Crippen LogP contribution in [-0.4, -0.2) is 12.2 Å². The van der Waals surface area contributed by atoms with E-state index in [-0.39, 0.29) is 0 Å². The van der Waals surface area contributed by atoms with Crippen LogP contribution in [0.2, 0.25) is 0 Å². The van der Waals surface area contributed by atoms with Gasteiger partial charge in [-0.15, -0.1) is 0 Å². The minimum atomic E-state index is -0.636. The first kappa shape index (κ1) is 11.4. The Morgan fingerprint density at radius 3 is 2.59 bits per heavy atom. The maximum atomic E-state index is 9.83. The highest BCUT2D eigenvalue weighted by molar-refractivity contribution is 5.89. The molecule has 0 aromatic heterocycles. The summed E-state index contributed by atoms with van der Waals surface area (Å²) in [5, 5.41) is 20.6. The molecular weight excluding hydrogens is 214 g/mol. The van der Waals surface area contributed by atoms with Crippen LogP contribution in [0.15, 0.2) is 30.3 Å². The summed E-state index contributed by atoms with van der Waals surface area (Å²) in [6, 6.07) is 11.3. The summed E-state index contributed by atoms with van der Waals surface area (Å²) in [5.41, 5.74) is 1.30. The number of aliphatic hydroxyl groups is 1. The van der Waals surface area contributed by atoms with Gasteiger partial charge >= 0.3 is 0 Å². The zero-order valence-corrected chi connectivity index (χ0v) is 9.77. The van der Waals surface area contributed by atoms with Crippen molar-refractivity contribution in [1.29, 1.82) is 5.26 Å². The number of nitriles is 1. The topological polar surface area (TPSA) is 53.2 Å². The van der Waals surface area contributed by atoms with Gasteiger partial charge in [0.1, 0.15) is 5.75 Å². The van der Waals surface area contributed by atoms with Crippen LogP contribution >= 0.6 is 0 Å². The molecule has 2 aromatic carbocycles. The first-order valence-electron chi connectivity index (χ1n) is 5.36. The fourth-order valence-corrected chi connectivity index (χ4v) is 2.00. The van der Waals surface area contributed by atoms with Crippen molar-refractivity contribution in [3.8, 4) is 11.8 Å². The van der Waals surface area contributed by atoms with Gasteiger partial charge in [0, 0.05) is 5.56 Å². The normalized spacial score (nSPS) is 12.1. The van der Waals surface area contributed by atoms with E-state index in [1.54, 1.807) is 26.2 Å². The quantitative estimate of drug-likeness (QED) is 0.858. The van der Waals surface area contributed by atoms with Crippen molar-refractivity contribution >= 4 is 10.8 Å². The van der Waals surface area contributed by atoms with E-state index < -0.39 is 6.10 Å². The molecule has 0 saturated heterocycles. The number of fused-ring (bicyclic) bond motifs is 1. The lowest BCUT2D eigenvalue weighted by molar-refractivity contribution is 0.196. The molecule has 2 rings (SSSR count). The van der Waals surface area contributed by atoms with E-state index in [9.17, 15) is 5.11 Å². The van der Waals surface area contributed by atoms with Gasteiger partial charge in [0.2, 0.25) is 0 Å². The van der Waals surface area contributed by atoms with Crippen LogP contribution in [0.25, 0.3) is 10.8 Å². The Bertz CT molecular complexity index is 597. The zero-order valence-electron chi connectivity index (χ0n) is 9.77. The molecule has 86 valence electrons. The fourth-order valence-electron chi connectivity index (χ4n) is 2.00. The van der Waals surface area contributed by atoms with Gasteiger partial charge < -0.3 is 9.84 Å². The van der Waals surface area contributed by atoms with E-state index in [0.717, 1.165) is 16.3 Å². The van der Waals surface area contributed by atoms with Crippen molar-refractivity contribution in [2.24, 2.45) is 0 Å². The summed E-state index contributed by atoms with van der Waals surface area (Å²) in [7, 11) is 1.57. The van der Waals surface area contributed by atoms with E-state index in [1.165, 1.54) is 0 Å². The summed E-state index contributed by atoms with van der Waals surface area (Å²) in [6.45, 7) is 1.69. The van der Waals surface area contributed by atoms with Gasteiger partial charge in [0.25, 0.3) is 0 Å².